The van der Waals surface area contributed by atoms with Gasteiger partial charge in [0.05, 0.1) is 0 Å². The highest BCUT2D eigenvalue weighted by Crippen LogP contribution is 2.43. The van der Waals surface area contributed by atoms with Gasteiger partial charge in [-0.2, -0.15) is 11.3 Å². The minimum Gasteiger partial charge on any atom is -0.508 e. The first-order valence-corrected chi connectivity index (χ1v) is 10.3. The zero-order valence-electron chi connectivity index (χ0n) is 15.2. The molecule has 1 N–H and O–H groups in total. The van der Waals surface area contributed by atoms with Crippen LogP contribution in [0, 0.1) is 5.92 Å². The molecule has 134 valence electrons. The van der Waals surface area contributed by atoms with Crippen molar-refractivity contribution in [1.82, 2.24) is 9.80 Å². The molecule has 0 bridgehead atoms. The van der Waals surface area contributed by atoms with Crippen molar-refractivity contribution in [1.29, 1.82) is 0 Å². The summed E-state index contributed by atoms with van der Waals surface area (Å²) >= 11 is 1.79. The lowest BCUT2D eigenvalue weighted by Gasteiger charge is -2.53. The second-order valence-corrected chi connectivity index (χ2v) is 8.87. The van der Waals surface area contributed by atoms with Crippen molar-refractivity contribution in [2.45, 2.75) is 38.3 Å². The van der Waals surface area contributed by atoms with E-state index in [-0.39, 0.29) is 5.41 Å². The molecule has 2 aromatic rings. The van der Waals surface area contributed by atoms with Crippen LogP contribution in [0.4, 0.5) is 0 Å². The van der Waals surface area contributed by atoms with E-state index in [4.69, 9.17) is 0 Å². The first kappa shape index (κ1) is 17.1. The van der Waals surface area contributed by atoms with Crippen LogP contribution in [0.15, 0.2) is 41.1 Å². The average Bonchev–Trinajstić information content (AvgIpc) is 3.09. The quantitative estimate of drug-likeness (QED) is 0.902. The number of hydrogen-bond donors (Lipinski definition) is 1. The van der Waals surface area contributed by atoms with Crippen LogP contribution in [0.25, 0.3) is 0 Å². The van der Waals surface area contributed by atoms with Crippen LogP contribution in [0.1, 0.15) is 31.4 Å². The summed E-state index contributed by atoms with van der Waals surface area (Å²) in [6, 6.07) is 10.8. The molecule has 3 heterocycles. The van der Waals surface area contributed by atoms with Crippen LogP contribution in [0.5, 0.6) is 5.75 Å². The van der Waals surface area contributed by atoms with Gasteiger partial charge in [0, 0.05) is 38.8 Å². The molecule has 0 amide bonds. The van der Waals surface area contributed by atoms with Crippen molar-refractivity contribution < 1.29 is 5.11 Å². The first-order valence-electron chi connectivity index (χ1n) is 9.31. The molecule has 3 atom stereocenters. The molecule has 0 aliphatic carbocycles. The Labute approximate surface area is 154 Å². The Kier molecular flexibility index (Phi) is 4.61. The van der Waals surface area contributed by atoms with E-state index < -0.39 is 0 Å². The van der Waals surface area contributed by atoms with E-state index in [0.717, 1.165) is 26.1 Å². The molecular weight excluding hydrogens is 328 g/mol. The number of phenols is 1. The van der Waals surface area contributed by atoms with E-state index >= 15 is 0 Å². The molecule has 2 unspecified atom stereocenters. The number of aromatic hydroxyl groups is 1. The second kappa shape index (κ2) is 6.75. The molecule has 1 aromatic carbocycles. The topological polar surface area (TPSA) is 26.7 Å². The Hall–Kier alpha value is -1.36. The van der Waals surface area contributed by atoms with Gasteiger partial charge in [-0.25, -0.2) is 0 Å². The fraction of sp³-hybridized carbons (Fsp3) is 0.524. The van der Waals surface area contributed by atoms with Gasteiger partial charge in [-0.1, -0.05) is 26.0 Å². The van der Waals surface area contributed by atoms with Crippen molar-refractivity contribution in [2.24, 2.45) is 5.92 Å². The van der Waals surface area contributed by atoms with Gasteiger partial charge in [0.2, 0.25) is 0 Å². The summed E-state index contributed by atoms with van der Waals surface area (Å²) in [4.78, 5) is 5.31. The van der Waals surface area contributed by atoms with Gasteiger partial charge in [0.1, 0.15) is 5.75 Å². The molecule has 2 aliphatic heterocycles. The molecule has 4 rings (SSSR count). The van der Waals surface area contributed by atoms with E-state index in [9.17, 15) is 5.11 Å². The van der Waals surface area contributed by atoms with E-state index in [0.29, 0.717) is 17.7 Å². The third-order valence-corrected chi connectivity index (χ3v) is 7.17. The number of benzene rings is 1. The Morgan fingerprint density at radius 3 is 2.88 bits per heavy atom. The zero-order valence-corrected chi connectivity index (χ0v) is 16.0. The van der Waals surface area contributed by atoms with E-state index in [2.05, 4.69) is 46.5 Å². The fourth-order valence-electron chi connectivity index (χ4n) is 4.68. The lowest BCUT2D eigenvalue weighted by molar-refractivity contribution is -0.00554. The number of piperidine rings is 1. The van der Waals surface area contributed by atoms with E-state index in [1.165, 1.54) is 24.2 Å². The lowest BCUT2D eigenvalue weighted by Crippen LogP contribution is -2.60. The van der Waals surface area contributed by atoms with Crippen LogP contribution < -0.4 is 0 Å². The number of piperazine rings is 1. The van der Waals surface area contributed by atoms with Crippen LogP contribution in [-0.2, 0) is 12.0 Å². The monoisotopic (exact) mass is 356 g/mol. The normalized spacial score (nSPS) is 31.0. The molecule has 1 aromatic heterocycles. The molecule has 0 radical (unpaired) electrons. The number of fused-ring (bicyclic) bond motifs is 1. The first-order chi connectivity index (χ1) is 12.0. The minimum absolute atomic E-state index is 0.130. The Morgan fingerprint density at radius 1 is 1.24 bits per heavy atom. The molecule has 25 heavy (non-hydrogen) atoms. The zero-order chi connectivity index (χ0) is 17.4. The Bertz CT molecular complexity index is 716. The highest BCUT2D eigenvalue weighted by atomic mass is 32.1. The maximum absolute atomic E-state index is 9.94. The fourth-order valence-corrected chi connectivity index (χ4v) is 5.34. The Balaban J connectivity index is 1.51. The van der Waals surface area contributed by atoms with Crippen LogP contribution in [-0.4, -0.2) is 47.1 Å². The molecule has 4 heteroatoms. The van der Waals surface area contributed by atoms with Gasteiger partial charge in [-0.05, 0) is 57.8 Å². The van der Waals surface area contributed by atoms with Crippen LogP contribution >= 0.6 is 11.3 Å². The van der Waals surface area contributed by atoms with Crippen molar-refractivity contribution in [3.8, 4) is 5.75 Å². The van der Waals surface area contributed by atoms with Crippen molar-refractivity contribution in [3.05, 3.63) is 52.2 Å². The molecule has 3 nitrogen and oxygen atoms in total. The van der Waals surface area contributed by atoms with Crippen molar-refractivity contribution in [2.75, 3.05) is 26.2 Å². The summed E-state index contributed by atoms with van der Waals surface area (Å²) in [5.41, 5.74) is 2.86. The molecule has 2 fully saturated rings. The standard InChI is InChI=1S/C21H28N2OS/c1-16-12-23-8-7-22(13-17-6-9-25-15-17)14-19(23)11-21(16,2)18-4-3-5-20(24)10-18/h3-6,9-10,15-16,19,24H,7-8,11-14H2,1-2H3/t16?,19?,21-/m1/s1. The summed E-state index contributed by atoms with van der Waals surface area (Å²) < 4.78 is 0. The van der Waals surface area contributed by atoms with Crippen LogP contribution in [0.2, 0.25) is 0 Å². The second-order valence-electron chi connectivity index (χ2n) is 8.09. The third kappa shape index (κ3) is 3.35. The maximum atomic E-state index is 9.94. The van der Waals surface area contributed by atoms with E-state index in [1.807, 2.05) is 12.1 Å². The summed E-state index contributed by atoms with van der Waals surface area (Å²) in [6.45, 7) is 10.5. The molecular formula is C21H28N2OS. The van der Waals surface area contributed by atoms with Gasteiger partial charge < -0.3 is 5.11 Å². The van der Waals surface area contributed by atoms with Gasteiger partial charge in [0.25, 0.3) is 0 Å². The highest BCUT2D eigenvalue weighted by molar-refractivity contribution is 7.07. The number of rotatable bonds is 3. The number of nitrogens with zero attached hydrogens (tertiary/aromatic N) is 2. The molecule has 0 saturated carbocycles. The summed E-state index contributed by atoms with van der Waals surface area (Å²) in [7, 11) is 0. The summed E-state index contributed by atoms with van der Waals surface area (Å²) in [5, 5.41) is 14.4. The van der Waals surface area contributed by atoms with Crippen molar-refractivity contribution >= 4 is 11.3 Å². The van der Waals surface area contributed by atoms with Crippen molar-refractivity contribution in [3.63, 3.8) is 0 Å². The van der Waals surface area contributed by atoms with E-state index in [1.54, 1.807) is 17.4 Å². The Morgan fingerprint density at radius 2 is 2.12 bits per heavy atom. The minimum atomic E-state index is 0.130. The molecule has 2 saturated heterocycles. The average molecular weight is 357 g/mol. The highest BCUT2D eigenvalue weighted by Gasteiger charge is 2.44. The predicted molar refractivity (Wildman–Crippen MR) is 104 cm³/mol. The predicted octanol–water partition coefficient (Wildman–Crippen LogP) is 3.94. The van der Waals surface area contributed by atoms with Gasteiger partial charge >= 0.3 is 0 Å². The largest absolute Gasteiger partial charge is 0.508 e. The molecule has 2 aliphatic rings. The van der Waals surface area contributed by atoms with Gasteiger partial charge in [0.15, 0.2) is 0 Å². The maximum Gasteiger partial charge on any atom is 0.115 e. The number of phenolic OH excluding ortho intramolecular Hbond substituents is 1. The SMILES string of the molecule is CC1CN2CCN(Cc3ccsc3)CC2C[C@@]1(C)c1cccc(O)c1. The smallest absolute Gasteiger partial charge is 0.115 e. The van der Waals surface area contributed by atoms with Gasteiger partial charge in [-0.15, -0.1) is 0 Å². The summed E-state index contributed by atoms with van der Waals surface area (Å²) in [5.74, 6) is 0.977. The third-order valence-electron chi connectivity index (χ3n) is 6.44. The van der Waals surface area contributed by atoms with Crippen LogP contribution in [0.3, 0.4) is 0 Å². The molecule has 0 spiro atoms. The number of thiophene rings is 1. The lowest BCUT2D eigenvalue weighted by atomic mass is 9.65. The van der Waals surface area contributed by atoms with Gasteiger partial charge in [-0.3, -0.25) is 9.80 Å². The summed E-state index contributed by atoms with van der Waals surface area (Å²) in [6.07, 6.45) is 1.16. The number of hydrogen-bond acceptors (Lipinski definition) is 4.